The molecule has 1 aromatic carbocycles. The van der Waals surface area contributed by atoms with Gasteiger partial charge in [0.2, 0.25) is 0 Å². The molecule has 0 aliphatic rings. The van der Waals surface area contributed by atoms with Gasteiger partial charge in [-0.25, -0.2) is 9.37 Å². The summed E-state index contributed by atoms with van der Waals surface area (Å²) in [6, 6.07) is 8.69. The summed E-state index contributed by atoms with van der Waals surface area (Å²) in [7, 11) is 0. The third-order valence-corrected chi connectivity index (χ3v) is 3.76. The van der Waals surface area contributed by atoms with Crippen molar-refractivity contribution >= 4 is 39.3 Å². The van der Waals surface area contributed by atoms with Crippen LogP contribution in [-0.2, 0) is 0 Å². The van der Waals surface area contributed by atoms with Crippen LogP contribution in [0.3, 0.4) is 0 Å². The summed E-state index contributed by atoms with van der Waals surface area (Å²) >= 11 is 8.43. The Balaban J connectivity index is 2.35. The zero-order chi connectivity index (χ0) is 13.6. The van der Waals surface area contributed by atoms with Crippen LogP contribution in [0.4, 0.5) is 4.39 Å². The van der Waals surface area contributed by atoms with Crippen molar-refractivity contribution in [3.05, 3.63) is 51.1 Å². The molecular formula is C13H9BrFN3S. The molecule has 2 aromatic heterocycles. The third-order valence-electron chi connectivity index (χ3n) is 2.83. The predicted molar refractivity (Wildman–Crippen MR) is 78.6 cm³/mol. The van der Waals surface area contributed by atoms with Gasteiger partial charge in [0.1, 0.15) is 5.82 Å². The maximum absolute atomic E-state index is 13.7. The molecule has 3 rings (SSSR count). The van der Waals surface area contributed by atoms with Crippen molar-refractivity contribution in [3.8, 4) is 5.69 Å². The SMILES string of the molecule is Cc1ccc2[nH]c(=S)n(-c3ccc(Br)c(F)c3)c2n1. The number of nitrogens with zero attached hydrogens (tertiary/aromatic N) is 2. The minimum Gasteiger partial charge on any atom is -0.329 e. The fraction of sp³-hybridized carbons (Fsp3) is 0.0769. The van der Waals surface area contributed by atoms with Gasteiger partial charge in [0.05, 0.1) is 15.7 Å². The van der Waals surface area contributed by atoms with Gasteiger partial charge < -0.3 is 4.98 Å². The Kier molecular flexibility index (Phi) is 2.99. The second-order valence-electron chi connectivity index (χ2n) is 4.19. The summed E-state index contributed by atoms with van der Waals surface area (Å²) in [5, 5.41) is 0. The fourth-order valence-corrected chi connectivity index (χ4v) is 2.49. The highest BCUT2D eigenvalue weighted by Gasteiger charge is 2.10. The van der Waals surface area contributed by atoms with Crippen LogP contribution in [0, 0.1) is 17.5 Å². The molecular weight excluding hydrogens is 329 g/mol. The Morgan fingerprint density at radius 3 is 2.84 bits per heavy atom. The number of halogens is 2. The van der Waals surface area contributed by atoms with E-state index in [-0.39, 0.29) is 5.82 Å². The topological polar surface area (TPSA) is 33.6 Å². The van der Waals surface area contributed by atoms with Crippen LogP contribution in [0.2, 0.25) is 0 Å². The number of aromatic nitrogens is 3. The lowest BCUT2D eigenvalue weighted by Gasteiger charge is -2.05. The predicted octanol–water partition coefficient (Wildman–Crippen LogP) is 4.29. The summed E-state index contributed by atoms with van der Waals surface area (Å²) in [5.41, 5.74) is 3.06. The van der Waals surface area contributed by atoms with E-state index in [1.807, 2.05) is 19.1 Å². The highest BCUT2D eigenvalue weighted by molar-refractivity contribution is 9.10. The molecule has 0 saturated carbocycles. The molecule has 3 nitrogen and oxygen atoms in total. The molecule has 6 heteroatoms. The van der Waals surface area contributed by atoms with E-state index in [0.717, 1.165) is 11.2 Å². The summed E-state index contributed by atoms with van der Waals surface area (Å²) in [6.45, 7) is 1.90. The molecule has 0 aliphatic heterocycles. The molecule has 0 aliphatic carbocycles. The number of benzene rings is 1. The van der Waals surface area contributed by atoms with Gasteiger partial charge in [0.15, 0.2) is 10.4 Å². The van der Waals surface area contributed by atoms with Crippen molar-refractivity contribution in [2.45, 2.75) is 6.92 Å². The van der Waals surface area contributed by atoms with E-state index in [1.54, 1.807) is 16.7 Å². The van der Waals surface area contributed by atoms with Gasteiger partial charge in [-0.05, 0) is 65.4 Å². The van der Waals surface area contributed by atoms with E-state index in [4.69, 9.17) is 12.2 Å². The van der Waals surface area contributed by atoms with Crippen LogP contribution in [0.25, 0.3) is 16.9 Å². The molecule has 0 bridgehead atoms. The molecule has 1 N–H and O–H groups in total. The largest absolute Gasteiger partial charge is 0.329 e. The molecule has 3 aromatic rings. The fourth-order valence-electron chi connectivity index (χ4n) is 1.94. The smallest absolute Gasteiger partial charge is 0.183 e. The van der Waals surface area contributed by atoms with Gasteiger partial charge in [-0.1, -0.05) is 0 Å². The first-order chi connectivity index (χ1) is 9.06. The van der Waals surface area contributed by atoms with Crippen LogP contribution in [0.15, 0.2) is 34.8 Å². The highest BCUT2D eigenvalue weighted by Crippen LogP contribution is 2.22. The Labute approximate surface area is 122 Å². The van der Waals surface area contributed by atoms with Gasteiger partial charge in [-0.2, -0.15) is 0 Å². The first-order valence-corrected chi connectivity index (χ1v) is 6.80. The van der Waals surface area contributed by atoms with E-state index in [9.17, 15) is 4.39 Å². The van der Waals surface area contributed by atoms with Crippen molar-refractivity contribution in [1.82, 2.24) is 14.5 Å². The number of imidazole rings is 1. The molecule has 0 spiro atoms. The normalized spacial score (nSPS) is 11.1. The number of aryl methyl sites for hydroxylation is 1. The average molecular weight is 338 g/mol. The molecule has 0 saturated heterocycles. The van der Waals surface area contributed by atoms with Crippen LogP contribution in [0.5, 0.6) is 0 Å². The van der Waals surface area contributed by atoms with E-state index >= 15 is 0 Å². The van der Waals surface area contributed by atoms with E-state index in [1.165, 1.54) is 6.07 Å². The van der Waals surface area contributed by atoms with Crippen molar-refractivity contribution in [3.63, 3.8) is 0 Å². The number of H-pyrrole nitrogens is 1. The Morgan fingerprint density at radius 1 is 1.32 bits per heavy atom. The van der Waals surface area contributed by atoms with Crippen molar-refractivity contribution in [2.24, 2.45) is 0 Å². The van der Waals surface area contributed by atoms with Crippen LogP contribution >= 0.6 is 28.1 Å². The molecule has 0 amide bonds. The number of hydrogen-bond acceptors (Lipinski definition) is 2. The zero-order valence-corrected chi connectivity index (χ0v) is 12.3. The summed E-state index contributed by atoms with van der Waals surface area (Å²) < 4.78 is 16.3. The summed E-state index contributed by atoms with van der Waals surface area (Å²) in [5.74, 6) is -0.332. The number of hydrogen-bond donors (Lipinski definition) is 1. The van der Waals surface area contributed by atoms with E-state index in [2.05, 4.69) is 25.9 Å². The molecule has 96 valence electrons. The Bertz CT molecular complexity index is 838. The minimum atomic E-state index is -0.332. The van der Waals surface area contributed by atoms with Crippen LogP contribution in [0.1, 0.15) is 5.69 Å². The molecule has 19 heavy (non-hydrogen) atoms. The lowest BCUT2D eigenvalue weighted by Crippen LogP contribution is -1.97. The van der Waals surface area contributed by atoms with Gasteiger partial charge >= 0.3 is 0 Å². The van der Waals surface area contributed by atoms with Crippen molar-refractivity contribution < 1.29 is 4.39 Å². The third kappa shape index (κ3) is 2.11. The zero-order valence-electron chi connectivity index (χ0n) is 9.95. The van der Waals surface area contributed by atoms with E-state index in [0.29, 0.717) is 20.6 Å². The lowest BCUT2D eigenvalue weighted by atomic mass is 10.3. The Morgan fingerprint density at radius 2 is 2.11 bits per heavy atom. The second kappa shape index (κ2) is 4.54. The highest BCUT2D eigenvalue weighted by atomic mass is 79.9. The van der Waals surface area contributed by atoms with E-state index < -0.39 is 0 Å². The number of fused-ring (bicyclic) bond motifs is 1. The maximum Gasteiger partial charge on any atom is 0.183 e. The average Bonchev–Trinajstić information content (AvgIpc) is 2.68. The van der Waals surface area contributed by atoms with Crippen molar-refractivity contribution in [2.75, 3.05) is 0 Å². The lowest BCUT2D eigenvalue weighted by molar-refractivity contribution is 0.620. The number of nitrogens with one attached hydrogen (secondary N) is 1. The first kappa shape index (κ1) is 12.5. The number of aromatic amines is 1. The van der Waals surface area contributed by atoms with Gasteiger partial charge in [0.25, 0.3) is 0 Å². The monoisotopic (exact) mass is 337 g/mol. The molecule has 2 heterocycles. The molecule has 0 atom stereocenters. The van der Waals surface area contributed by atoms with Crippen molar-refractivity contribution in [1.29, 1.82) is 0 Å². The minimum absolute atomic E-state index is 0.332. The first-order valence-electron chi connectivity index (χ1n) is 5.60. The summed E-state index contributed by atoms with van der Waals surface area (Å²) in [6.07, 6.45) is 0. The number of rotatable bonds is 1. The van der Waals surface area contributed by atoms with Crippen LogP contribution in [-0.4, -0.2) is 14.5 Å². The maximum atomic E-state index is 13.7. The standard InChI is InChI=1S/C13H9BrFN3S/c1-7-2-5-11-12(16-7)18(13(19)17-11)8-3-4-9(14)10(15)6-8/h2-6H,1H3,(H,17,19). The van der Waals surface area contributed by atoms with Gasteiger partial charge in [0, 0.05) is 5.69 Å². The second-order valence-corrected chi connectivity index (χ2v) is 5.43. The quantitative estimate of drug-likeness (QED) is 0.672. The molecule has 0 radical (unpaired) electrons. The molecule has 0 fully saturated rings. The van der Waals surface area contributed by atoms with Gasteiger partial charge in [-0.15, -0.1) is 0 Å². The Hall–Kier alpha value is -1.53. The number of pyridine rings is 1. The molecule has 0 unspecified atom stereocenters. The summed E-state index contributed by atoms with van der Waals surface area (Å²) in [4.78, 5) is 7.52. The van der Waals surface area contributed by atoms with Gasteiger partial charge in [-0.3, -0.25) is 4.57 Å². The van der Waals surface area contributed by atoms with Crippen LogP contribution < -0.4 is 0 Å².